The van der Waals surface area contributed by atoms with Crippen LogP contribution in [0.15, 0.2) is 18.2 Å². The summed E-state index contributed by atoms with van der Waals surface area (Å²) in [5.74, 6) is -0.345. The van der Waals surface area contributed by atoms with Crippen molar-refractivity contribution in [2.24, 2.45) is 0 Å². The van der Waals surface area contributed by atoms with Gasteiger partial charge in [0.1, 0.15) is 5.75 Å². The van der Waals surface area contributed by atoms with Crippen LogP contribution in [0.1, 0.15) is 17.5 Å². The summed E-state index contributed by atoms with van der Waals surface area (Å²) in [6.45, 7) is 2.02. The Morgan fingerprint density at radius 1 is 1.44 bits per heavy atom. The predicted molar refractivity (Wildman–Crippen MR) is 64.3 cm³/mol. The highest BCUT2D eigenvalue weighted by molar-refractivity contribution is 7.85. The van der Waals surface area contributed by atoms with Gasteiger partial charge in [0.25, 0.3) is 10.1 Å². The summed E-state index contributed by atoms with van der Waals surface area (Å²) < 4.78 is 31.2. The number of fused-ring (bicyclic) bond motifs is 1. The van der Waals surface area contributed by atoms with Crippen LogP contribution in [0.5, 0.6) is 0 Å². The van der Waals surface area contributed by atoms with Gasteiger partial charge in [0, 0.05) is 0 Å². The van der Waals surface area contributed by atoms with E-state index in [1.165, 1.54) is 0 Å². The molecule has 1 aromatic heterocycles. The van der Waals surface area contributed by atoms with E-state index >= 15 is 0 Å². The molecule has 0 bridgehead atoms. The van der Waals surface area contributed by atoms with Crippen LogP contribution in [-0.2, 0) is 22.3 Å². The van der Waals surface area contributed by atoms with E-state index in [9.17, 15) is 8.42 Å². The summed E-state index contributed by atoms with van der Waals surface area (Å²) >= 11 is 1.55. The van der Waals surface area contributed by atoms with Crippen molar-refractivity contribution in [2.75, 3.05) is 0 Å². The lowest BCUT2D eigenvalue weighted by molar-refractivity contribution is 0.482. The van der Waals surface area contributed by atoms with E-state index < -0.39 is 10.1 Å². The zero-order valence-corrected chi connectivity index (χ0v) is 10.3. The molecule has 0 aliphatic heterocycles. The SMILES string of the molecule is CCc1nc2ccc(CS(=O)(=O)O)cc2s1. The minimum Gasteiger partial charge on any atom is -0.285 e. The molecule has 0 saturated heterocycles. The number of hydrogen-bond acceptors (Lipinski definition) is 4. The molecule has 86 valence electrons. The van der Waals surface area contributed by atoms with Crippen LogP contribution in [0.25, 0.3) is 10.2 Å². The Balaban J connectivity index is 2.43. The van der Waals surface area contributed by atoms with Crippen molar-refractivity contribution in [1.29, 1.82) is 0 Å². The molecule has 0 aliphatic rings. The fraction of sp³-hybridized carbons (Fsp3) is 0.300. The zero-order valence-electron chi connectivity index (χ0n) is 8.67. The van der Waals surface area contributed by atoms with Crippen molar-refractivity contribution >= 4 is 31.7 Å². The second-order valence-electron chi connectivity index (χ2n) is 3.49. The first kappa shape index (κ1) is 11.5. The molecule has 0 amide bonds. The molecule has 0 unspecified atom stereocenters. The Morgan fingerprint density at radius 3 is 2.81 bits per heavy atom. The molecule has 0 spiro atoms. The van der Waals surface area contributed by atoms with Crippen LogP contribution < -0.4 is 0 Å². The van der Waals surface area contributed by atoms with Gasteiger partial charge in [-0.25, -0.2) is 4.98 Å². The number of thiazole rings is 1. The van der Waals surface area contributed by atoms with Crippen LogP contribution in [0, 0.1) is 0 Å². The third-order valence-corrected chi connectivity index (χ3v) is 4.01. The van der Waals surface area contributed by atoms with E-state index in [-0.39, 0.29) is 5.75 Å². The van der Waals surface area contributed by atoms with Gasteiger partial charge < -0.3 is 0 Å². The lowest BCUT2D eigenvalue weighted by Crippen LogP contribution is -2.00. The van der Waals surface area contributed by atoms with Crippen molar-refractivity contribution in [3.63, 3.8) is 0 Å². The summed E-state index contributed by atoms with van der Waals surface area (Å²) in [5.41, 5.74) is 1.46. The summed E-state index contributed by atoms with van der Waals surface area (Å²) in [5, 5.41) is 1.03. The Hall–Kier alpha value is -0.980. The molecule has 1 N–H and O–H groups in total. The Kier molecular flexibility index (Phi) is 2.96. The second-order valence-corrected chi connectivity index (χ2v) is 6.06. The topological polar surface area (TPSA) is 67.3 Å². The Morgan fingerprint density at radius 2 is 2.19 bits per heavy atom. The molecule has 0 aliphatic carbocycles. The number of rotatable bonds is 3. The maximum atomic E-state index is 10.7. The molecule has 2 aromatic rings. The first-order chi connectivity index (χ1) is 7.48. The highest BCUT2D eigenvalue weighted by atomic mass is 32.2. The van der Waals surface area contributed by atoms with Crippen LogP contribution >= 0.6 is 11.3 Å². The Bertz CT molecular complexity index is 616. The van der Waals surface area contributed by atoms with Crippen molar-refractivity contribution in [1.82, 2.24) is 4.98 Å². The van der Waals surface area contributed by atoms with E-state index in [2.05, 4.69) is 4.98 Å². The lowest BCUT2D eigenvalue weighted by Gasteiger charge is -1.97. The second kappa shape index (κ2) is 4.12. The smallest absolute Gasteiger partial charge is 0.269 e. The molecule has 0 saturated carbocycles. The van der Waals surface area contributed by atoms with Gasteiger partial charge in [0.15, 0.2) is 0 Å². The number of aryl methyl sites for hydroxylation is 1. The quantitative estimate of drug-likeness (QED) is 0.856. The number of benzene rings is 1. The summed E-state index contributed by atoms with van der Waals surface area (Å²) in [7, 11) is -3.96. The molecule has 2 rings (SSSR count). The number of aromatic nitrogens is 1. The maximum absolute atomic E-state index is 10.7. The van der Waals surface area contributed by atoms with Crippen LogP contribution in [0.2, 0.25) is 0 Å². The lowest BCUT2D eigenvalue weighted by atomic mass is 10.2. The standard InChI is InChI=1S/C10H11NO3S2/c1-2-10-11-8-4-3-7(5-9(8)15-10)6-16(12,13)14/h3-5H,2,6H2,1H3,(H,12,13,14). The van der Waals surface area contributed by atoms with E-state index in [0.717, 1.165) is 21.6 Å². The molecule has 4 nitrogen and oxygen atoms in total. The number of nitrogens with zero attached hydrogens (tertiary/aromatic N) is 1. The molecule has 1 aromatic carbocycles. The highest BCUT2D eigenvalue weighted by Crippen LogP contribution is 2.24. The summed E-state index contributed by atoms with van der Waals surface area (Å²) in [6, 6.07) is 5.22. The fourth-order valence-electron chi connectivity index (χ4n) is 1.47. The average Bonchev–Trinajstić information content (AvgIpc) is 2.57. The maximum Gasteiger partial charge on any atom is 0.269 e. The van der Waals surface area contributed by atoms with Crippen molar-refractivity contribution in [3.05, 3.63) is 28.8 Å². The largest absolute Gasteiger partial charge is 0.285 e. The van der Waals surface area contributed by atoms with Gasteiger partial charge in [0.05, 0.1) is 15.2 Å². The molecule has 0 radical (unpaired) electrons. The van der Waals surface area contributed by atoms with Gasteiger partial charge in [-0.15, -0.1) is 11.3 Å². The molecule has 1 heterocycles. The van der Waals surface area contributed by atoms with Crippen LogP contribution in [-0.4, -0.2) is 18.0 Å². The van der Waals surface area contributed by atoms with Gasteiger partial charge in [-0.3, -0.25) is 4.55 Å². The van der Waals surface area contributed by atoms with Crippen molar-refractivity contribution in [3.8, 4) is 0 Å². The van der Waals surface area contributed by atoms with Gasteiger partial charge in [-0.2, -0.15) is 8.42 Å². The molecule has 16 heavy (non-hydrogen) atoms. The van der Waals surface area contributed by atoms with Gasteiger partial charge >= 0.3 is 0 Å². The van der Waals surface area contributed by atoms with E-state index in [1.54, 1.807) is 29.5 Å². The third kappa shape index (κ3) is 2.58. The van der Waals surface area contributed by atoms with Crippen molar-refractivity contribution in [2.45, 2.75) is 19.1 Å². The Labute approximate surface area is 97.7 Å². The normalized spacial score (nSPS) is 12.1. The molecule has 6 heteroatoms. The van der Waals surface area contributed by atoms with Crippen LogP contribution in [0.4, 0.5) is 0 Å². The zero-order chi connectivity index (χ0) is 11.8. The van der Waals surface area contributed by atoms with Crippen molar-refractivity contribution < 1.29 is 13.0 Å². The fourth-order valence-corrected chi connectivity index (χ4v) is 3.04. The van der Waals surface area contributed by atoms with Gasteiger partial charge in [-0.1, -0.05) is 13.0 Å². The van der Waals surface area contributed by atoms with Crippen LogP contribution in [0.3, 0.4) is 0 Å². The van der Waals surface area contributed by atoms with E-state index in [4.69, 9.17) is 4.55 Å². The molecule has 0 atom stereocenters. The van der Waals surface area contributed by atoms with E-state index in [1.807, 2.05) is 6.92 Å². The molecular weight excluding hydrogens is 246 g/mol. The monoisotopic (exact) mass is 257 g/mol. The summed E-state index contributed by atoms with van der Waals surface area (Å²) in [4.78, 5) is 4.38. The minimum atomic E-state index is -3.96. The number of hydrogen-bond donors (Lipinski definition) is 1. The van der Waals surface area contributed by atoms with E-state index in [0.29, 0.717) is 5.56 Å². The third-order valence-electron chi connectivity index (χ3n) is 2.15. The first-order valence-electron chi connectivity index (χ1n) is 4.81. The van der Waals surface area contributed by atoms with Gasteiger partial charge in [-0.05, 0) is 24.1 Å². The minimum absolute atomic E-state index is 0.345. The average molecular weight is 257 g/mol. The predicted octanol–water partition coefficient (Wildman–Crippen LogP) is 2.25. The highest BCUT2D eigenvalue weighted by Gasteiger charge is 2.09. The molecule has 0 fully saturated rings. The first-order valence-corrected chi connectivity index (χ1v) is 7.24. The molecular formula is C10H11NO3S2. The van der Waals surface area contributed by atoms with Gasteiger partial charge in [0.2, 0.25) is 0 Å². The summed E-state index contributed by atoms with van der Waals surface area (Å²) in [6.07, 6.45) is 0.868.